The molecule has 0 unspecified atom stereocenters. The van der Waals surface area contributed by atoms with E-state index in [1.165, 1.54) is 12.8 Å². The Hall–Kier alpha value is -2.02. The second-order valence-corrected chi connectivity index (χ2v) is 4.49. The van der Waals surface area contributed by atoms with Crippen molar-refractivity contribution in [3.63, 3.8) is 0 Å². The van der Waals surface area contributed by atoms with Gasteiger partial charge in [0.05, 0.1) is 0 Å². The summed E-state index contributed by atoms with van der Waals surface area (Å²) in [5.41, 5.74) is 0.582. The zero-order valence-electron chi connectivity index (χ0n) is 10.4. The molecule has 1 aromatic rings. The minimum absolute atomic E-state index is 0.0193. The Balaban J connectivity index is 2.05. The highest BCUT2D eigenvalue weighted by Crippen LogP contribution is 2.29. The van der Waals surface area contributed by atoms with E-state index < -0.39 is 0 Å². The highest BCUT2D eigenvalue weighted by molar-refractivity contribution is 5.93. The Morgan fingerprint density at radius 2 is 2.33 bits per heavy atom. The van der Waals surface area contributed by atoms with Crippen LogP contribution in [0.5, 0.6) is 0 Å². The number of hydrogen-bond acceptors (Lipinski definition) is 2. The lowest BCUT2D eigenvalue weighted by molar-refractivity contribution is -0.115. The first-order valence-corrected chi connectivity index (χ1v) is 6.09. The van der Waals surface area contributed by atoms with E-state index in [4.69, 9.17) is 0 Å². The first kappa shape index (κ1) is 12.4. The van der Waals surface area contributed by atoms with Gasteiger partial charge in [0.1, 0.15) is 0 Å². The van der Waals surface area contributed by atoms with Crippen molar-refractivity contribution in [2.45, 2.75) is 32.9 Å². The molecule has 1 aliphatic carbocycles. The molecule has 0 atom stereocenters. The molecule has 2 rings (SSSR count). The van der Waals surface area contributed by atoms with Gasteiger partial charge in [-0.1, -0.05) is 12.0 Å². The van der Waals surface area contributed by atoms with Gasteiger partial charge in [0.25, 0.3) is 11.5 Å². The lowest BCUT2D eigenvalue weighted by atomic mass is 10.2. The summed E-state index contributed by atoms with van der Waals surface area (Å²) in [5.74, 6) is 5.20. The van der Waals surface area contributed by atoms with Gasteiger partial charge in [-0.3, -0.25) is 9.59 Å². The van der Waals surface area contributed by atoms with Crippen LogP contribution in [-0.2, 0) is 17.9 Å². The van der Waals surface area contributed by atoms with Crippen molar-refractivity contribution in [1.29, 1.82) is 0 Å². The highest BCUT2D eigenvalue weighted by Gasteiger charge is 2.22. The summed E-state index contributed by atoms with van der Waals surface area (Å²) < 4.78 is 1.73. The maximum atomic E-state index is 12.1. The summed E-state index contributed by atoms with van der Waals surface area (Å²) in [5, 5.41) is 2.61. The molecule has 0 radical (unpaired) electrons. The third-order valence-corrected chi connectivity index (χ3v) is 2.93. The molecule has 1 fully saturated rings. The summed E-state index contributed by atoms with van der Waals surface area (Å²) in [6.07, 6.45) is 4.22. The number of carbonyl (C=O) groups is 1. The van der Waals surface area contributed by atoms with E-state index in [1.807, 2.05) is 6.07 Å². The number of aromatic nitrogens is 1. The van der Waals surface area contributed by atoms with Crippen LogP contribution in [0.3, 0.4) is 0 Å². The fourth-order valence-corrected chi connectivity index (χ4v) is 1.78. The van der Waals surface area contributed by atoms with Crippen LogP contribution in [-0.4, -0.2) is 10.5 Å². The topological polar surface area (TPSA) is 51.1 Å². The van der Waals surface area contributed by atoms with Gasteiger partial charge in [0.2, 0.25) is 0 Å². The third-order valence-electron chi connectivity index (χ3n) is 2.93. The maximum absolute atomic E-state index is 12.1. The first-order chi connectivity index (χ1) is 8.70. The van der Waals surface area contributed by atoms with Crippen molar-refractivity contribution < 1.29 is 4.79 Å². The number of hydrogen-bond donors (Lipinski definition) is 1. The number of amides is 1. The largest absolute Gasteiger partial charge is 0.341 e. The summed E-state index contributed by atoms with van der Waals surface area (Å²) in [6, 6.07) is 3.59. The number of rotatable bonds is 4. The fraction of sp³-hybridized carbons (Fsp3) is 0.429. The molecule has 0 aromatic carbocycles. The van der Waals surface area contributed by atoms with Crippen molar-refractivity contribution in [2.75, 3.05) is 0 Å². The molecule has 94 valence electrons. The van der Waals surface area contributed by atoms with E-state index in [0.717, 1.165) is 6.54 Å². The van der Waals surface area contributed by atoms with Crippen molar-refractivity contribution in [3.8, 4) is 11.8 Å². The molecular formula is C14H16N2O2. The summed E-state index contributed by atoms with van der Waals surface area (Å²) in [7, 11) is 0. The first-order valence-electron chi connectivity index (χ1n) is 6.09. The minimum atomic E-state index is -0.352. The molecule has 1 aliphatic rings. The minimum Gasteiger partial charge on any atom is -0.341 e. The van der Waals surface area contributed by atoms with Gasteiger partial charge in [-0.25, -0.2) is 0 Å². The molecule has 1 saturated carbocycles. The normalized spacial score (nSPS) is 13.6. The van der Waals surface area contributed by atoms with E-state index in [0.29, 0.717) is 11.5 Å². The van der Waals surface area contributed by atoms with Crippen LogP contribution in [0.1, 0.15) is 25.3 Å². The Morgan fingerprint density at radius 1 is 1.56 bits per heavy atom. The Kier molecular flexibility index (Phi) is 3.83. The van der Waals surface area contributed by atoms with Gasteiger partial charge < -0.3 is 9.88 Å². The van der Waals surface area contributed by atoms with Gasteiger partial charge >= 0.3 is 0 Å². The molecule has 1 N–H and O–H groups in total. The number of nitrogens with one attached hydrogen (secondary N) is 1. The predicted molar refractivity (Wildman–Crippen MR) is 68.7 cm³/mol. The monoisotopic (exact) mass is 244 g/mol. The van der Waals surface area contributed by atoms with E-state index in [2.05, 4.69) is 17.2 Å². The smallest absolute Gasteiger partial charge is 0.296 e. The molecule has 1 amide bonds. The number of nitrogens with zero attached hydrogens (tertiary/aromatic N) is 1. The molecule has 0 saturated heterocycles. The number of pyridine rings is 1. The highest BCUT2D eigenvalue weighted by atomic mass is 16.1. The van der Waals surface area contributed by atoms with Crippen molar-refractivity contribution >= 4 is 5.91 Å². The molecule has 4 heteroatoms. The van der Waals surface area contributed by atoms with Crippen molar-refractivity contribution in [2.24, 2.45) is 5.92 Å². The fourth-order valence-electron chi connectivity index (χ4n) is 1.78. The third kappa shape index (κ3) is 3.24. The zero-order valence-corrected chi connectivity index (χ0v) is 10.4. The lowest BCUT2D eigenvalue weighted by Gasteiger charge is -2.07. The molecule has 0 aliphatic heterocycles. The van der Waals surface area contributed by atoms with E-state index in [9.17, 15) is 9.59 Å². The van der Waals surface area contributed by atoms with Crippen LogP contribution in [0.4, 0.5) is 0 Å². The van der Waals surface area contributed by atoms with E-state index >= 15 is 0 Å². The molecule has 1 heterocycles. The number of carbonyl (C=O) groups excluding carboxylic acids is 1. The average Bonchev–Trinajstić information content (AvgIpc) is 3.15. The molecule has 0 bridgehead atoms. The SMILES string of the molecule is CC#CC(=O)NCc1cccn(CC2CC2)c1=O. The summed E-state index contributed by atoms with van der Waals surface area (Å²) in [4.78, 5) is 23.3. The van der Waals surface area contributed by atoms with Crippen molar-refractivity contribution in [3.05, 3.63) is 34.2 Å². The van der Waals surface area contributed by atoms with Gasteiger partial charge in [-0.2, -0.15) is 0 Å². The molecular weight excluding hydrogens is 228 g/mol. The Morgan fingerprint density at radius 3 is 3.00 bits per heavy atom. The van der Waals surface area contributed by atoms with Crippen LogP contribution in [0, 0.1) is 17.8 Å². The average molecular weight is 244 g/mol. The second kappa shape index (κ2) is 5.54. The van der Waals surface area contributed by atoms with E-state index in [1.54, 1.807) is 23.8 Å². The van der Waals surface area contributed by atoms with Gasteiger partial charge in [0, 0.05) is 24.8 Å². The standard InChI is InChI=1S/C14H16N2O2/c1-2-4-13(17)15-9-12-5-3-8-16(14(12)18)10-11-6-7-11/h3,5,8,11H,6-7,9-10H2,1H3,(H,15,17). The molecule has 4 nitrogen and oxygen atoms in total. The molecule has 1 aromatic heterocycles. The summed E-state index contributed by atoms with van der Waals surface area (Å²) in [6.45, 7) is 2.62. The van der Waals surface area contributed by atoms with Crippen molar-refractivity contribution in [1.82, 2.24) is 9.88 Å². The van der Waals surface area contributed by atoms with Crippen LogP contribution in [0.15, 0.2) is 23.1 Å². The molecule has 18 heavy (non-hydrogen) atoms. The van der Waals surface area contributed by atoms with E-state index in [-0.39, 0.29) is 18.0 Å². The second-order valence-electron chi connectivity index (χ2n) is 4.49. The van der Waals surface area contributed by atoms with Gasteiger partial charge in [-0.15, -0.1) is 0 Å². The van der Waals surface area contributed by atoms with Crippen LogP contribution < -0.4 is 10.9 Å². The predicted octanol–water partition coefficient (Wildman–Crippen LogP) is 0.898. The zero-order chi connectivity index (χ0) is 13.0. The van der Waals surface area contributed by atoms with Crippen LogP contribution in [0.25, 0.3) is 0 Å². The molecule has 0 spiro atoms. The van der Waals surface area contributed by atoms with Gasteiger partial charge in [0.15, 0.2) is 0 Å². The van der Waals surface area contributed by atoms with Crippen LogP contribution in [0.2, 0.25) is 0 Å². The Bertz CT molecular complexity index is 559. The van der Waals surface area contributed by atoms with Gasteiger partial charge in [-0.05, 0) is 37.7 Å². The lowest BCUT2D eigenvalue weighted by Crippen LogP contribution is -2.29. The quantitative estimate of drug-likeness (QED) is 0.800. The maximum Gasteiger partial charge on any atom is 0.296 e. The Labute approximate surface area is 106 Å². The summed E-state index contributed by atoms with van der Waals surface area (Å²) >= 11 is 0. The van der Waals surface area contributed by atoms with Crippen LogP contribution >= 0.6 is 0 Å².